The Morgan fingerprint density at radius 1 is 1.32 bits per heavy atom. The molecule has 108 valence electrons. The van der Waals surface area contributed by atoms with Crippen LogP contribution in [0.4, 0.5) is 0 Å². The van der Waals surface area contributed by atoms with Crippen LogP contribution in [0.2, 0.25) is 0 Å². The Morgan fingerprint density at radius 3 is 2.58 bits per heavy atom. The van der Waals surface area contributed by atoms with Gasteiger partial charge in [0.05, 0.1) is 26.3 Å². The quantitative estimate of drug-likeness (QED) is 0.688. The van der Waals surface area contributed by atoms with Gasteiger partial charge in [-0.05, 0) is 13.8 Å². The van der Waals surface area contributed by atoms with Crippen molar-refractivity contribution in [3.05, 3.63) is 11.5 Å². The average Bonchev–Trinajstić information content (AvgIpc) is 2.70. The summed E-state index contributed by atoms with van der Waals surface area (Å²) in [6, 6.07) is 0. The van der Waals surface area contributed by atoms with Gasteiger partial charge in [-0.3, -0.25) is 0 Å². The maximum absolute atomic E-state index is 12.1. The highest BCUT2D eigenvalue weighted by Gasteiger charge is 2.24. The van der Waals surface area contributed by atoms with E-state index in [2.05, 4.69) is 9.88 Å². The van der Waals surface area contributed by atoms with E-state index in [9.17, 15) is 8.42 Å². The number of nitrogens with one attached hydrogen (secondary N) is 2. The molecule has 2 N–H and O–H groups in total. The lowest BCUT2D eigenvalue weighted by atomic mass is 10.4. The molecule has 0 unspecified atom stereocenters. The highest BCUT2D eigenvalue weighted by molar-refractivity contribution is 7.89. The fraction of sp³-hybridized carbons (Fsp3) is 0.727. The van der Waals surface area contributed by atoms with Gasteiger partial charge in [-0.1, -0.05) is 5.16 Å². The van der Waals surface area contributed by atoms with Crippen molar-refractivity contribution in [3.8, 4) is 0 Å². The molecule has 1 aromatic heterocycles. The molecular formula is C11H20N3O4S+. The molecule has 0 aliphatic carbocycles. The van der Waals surface area contributed by atoms with E-state index in [1.807, 2.05) is 0 Å². The predicted molar refractivity (Wildman–Crippen MR) is 67.5 cm³/mol. The number of morpholine rings is 1. The van der Waals surface area contributed by atoms with Gasteiger partial charge in [0.25, 0.3) is 0 Å². The number of rotatable bonds is 5. The molecule has 2 rings (SSSR count). The van der Waals surface area contributed by atoms with E-state index >= 15 is 0 Å². The van der Waals surface area contributed by atoms with E-state index in [0.29, 0.717) is 18.0 Å². The molecule has 1 saturated heterocycles. The Bertz CT molecular complexity index is 501. The second-order valence-electron chi connectivity index (χ2n) is 4.66. The standard InChI is InChI=1S/C11H19N3O4S/c1-9-11(10(2)18-13-9)19(15,16)12-3-4-14-5-7-17-8-6-14/h12H,3-8H2,1-2H3/p+1. The molecule has 1 aliphatic heterocycles. The molecule has 7 nitrogen and oxygen atoms in total. The third kappa shape index (κ3) is 3.53. The summed E-state index contributed by atoms with van der Waals surface area (Å²) in [5, 5.41) is 3.66. The summed E-state index contributed by atoms with van der Waals surface area (Å²) in [5.74, 6) is 0.323. The minimum atomic E-state index is -3.53. The minimum Gasteiger partial charge on any atom is -0.370 e. The first kappa shape index (κ1) is 14.4. The Balaban J connectivity index is 1.91. The lowest BCUT2D eigenvalue weighted by Crippen LogP contribution is -3.14. The van der Waals surface area contributed by atoms with Crippen LogP contribution in [0.3, 0.4) is 0 Å². The topological polar surface area (TPSA) is 85.9 Å². The van der Waals surface area contributed by atoms with Crippen LogP contribution >= 0.6 is 0 Å². The van der Waals surface area contributed by atoms with E-state index in [4.69, 9.17) is 9.26 Å². The summed E-state index contributed by atoms with van der Waals surface area (Å²) in [7, 11) is -3.53. The van der Waals surface area contributed by atoms with E-state index < -0.39 is 10.0 Å². The van der Waals surface area contributed by atoms with Crippen LogP contribution in [0.25, 0.3) is 0 Å². The summed E-state index contributed by atoms with van der Waals surface area (Å²) >= 11 is 0. The molecule has 0 amide bonds. The van der Waals surface area contributed by atoms with Crippen molar-refractivity contribution in [3.63, 3.8) is 0 Å². The monoisotopic (exact) mass is 290 g/mol. The van der Waals surface area contributed by atoms with Crippen molar-refractivity contribution < 1.29 is 22.6 Å². The average molecular weight is 290 g/mol. The SMILES string of the molecule is Cc1noc(C)c1S(=O)(=O)NCC[NH+]1CCOCC1. The molecule has 1 fully saturated rings. The second kappa shape index (κ2) is 6.00. The van der Waals surface area contributed by atoms with Crippen molar-refractivity contribution in [1.29, 1.82) is 0 Å². The van der Waals surface area contributed by atoms with Gasteiger partial charge in [-0.15, -0.1) is 0 Å². The lowest BCUT2D eigenvalue weighted by molar-refractivity contribution is -0.906. The number of aryl methyl sites for hydroxylation is 2. The highest BCUT2D eigenvalue weighted by Crippen LogP contribution is 2.17. The number of aromatic nitrogens is 1. The summed E-state index contributed by atoms with van der Waals surface area (Å²) in [4.78, 5) is 1.51. The van der Waals surface area contributed by atoms with Crippen LogP contribution < -0.4 is 9.62 Å². The normalized spacial score (nSPS) is 17.8. The van der Waals surface area contributed by atoms with E-state index in [0.717, 1.165) is 32.8 Å². The minimum absolute atomic E-state index is 0.157. The van der Waals surface area contributed by atoms with Crippen molar-refractivity contribution in [2.24, 2.45) is 0 Å². The molecule has 0 aromatic carbocycles. The Kier molecular flexibility index (Phi) is 4.56. The lowest BCUT2D eigenvalue weighted by Gasteiger charge is -2.23. The molecule has 2 heterocycles. The molecule has 8 heteroatoms. The zero-order valence-electron chi connectivity index (χ0n) is 11.2. The van der Waals surface area contributed by atoms with E-state index in [1.165, 1.54) is 4.90 Å². The van der Waals surface area contributed by atoms with Gasteiger partial charge in [0.15, 0.2) is 5.76 Å². The van der Waals surface area contributed by atoms with Crippen molar-refractivity contribution in [1.82, 2.24) is 9.88 Å². The summed E-state index contributed by atoms with van der Waals surface area (Å²) in [6.45, 7) is 7.71. The van der Waals surface area contributed by atoms with Gasteiger partial charge in [0, 0.05) is 0 Å². The third-order valence-corrected chi connectivity index (χ3v) is 4.91. The number of ether oxygens (including phenoxy) is 1. The van der Waals surface area contributed by atoms with Crippen molar-refractivity contribution in [2.75, 3.05) is 39.4 Å². The molecule has 0 atom stereocenters. The number of hydrogen-bond acceptors (Lipinski definition) is 5. The van der Waals surface area contributed by atoms with Gasteiger partial charge in [0.1, 0.15) is 23.7 Å². The van der Waals surface area contributed by atoms with Crippen LogP contribution in [0.5, 0.6) is 0 Å². The second-order valence-corrected chi connectivity index (χ2v) is 6.37. The molecule has 0 saturated carbocycles. The van der Waals surface area contributed by atoms with Gasteiger partial charge in [0.2, 0.25) is 10.0 Å². The Labute approximate surface area is 112 Å². The predicted octanol–water partition coefficient (Wildman–Crippen LogP) is -1.52. The van der Waals surface area contributed by atoms with Crippen LogP contribution in [0.15, 0.2) is 9.42 Å². The highest BCUT2D eigenvalue weighted by atomic mass is 32.2. The number of sulfonamides is 1. The zero-order valence-corrected chi connectivity index (χ0v) is 12.0. The molecule has 1 aliphatic rings. The Hall–Kier alpha value is -0.960. The first-order valence-electron chi connectivity index (χ1n) is 6.34. The molecular weight excluding hydrogens is 270 g/mol. The fourth-order valence-corrected chi connectivity index (χ4v) is 3.56. The smallest absolute Gasteiger partial charge is 0.246 e. The summed E-state index contributed by atoms with van der Waals surface area (Å²) in [5.41, 5.74) is 0.392. The zero-order chi connectivity index (χ0) is 13.9. The van der Waals surface area contributed by atoms with E-state index in [1.54, 1.807) is 13.8 Å². The van der Waals surface area contributed by atoms with Crippen molar-refractivity contribution in [2.45, 2.75) is 18.7 Å². The summed E-state index contributed by atoms with van der Waals surface area (Å²) < 4.78 is 37.0. The third-order valence-electron chi connectivity index (χ3n) is 3.21. The van der Waals surface area contributed by atoms with Gasteiger partial charge in [-0.25, -0.2) is 13.1 Å². The molecule has 0 radical (unpaired) electrons. The number of nitrogens with zero attached hydrogens (tertiary/aromatic N) is 1. The fourth-order valence-electron chi connectivity index (χ4n) is 2.20. The molecule has 0 bridgehead atoms. The van der Waals surface area contributed by atoms with Gasteiger partial charge >= 0.3 is 0 Å². The maximum atomic E-state index is 12.1. The van der Waals surface area contributed by atoms with Crippen molar-refractivity contribution >= 4 is 10.0 Å². The van der Waals surface area contributed by atoms with Crippen LogP contribution in [0, 0.1) is 13.8 Å². The Morgan fingerprint density at radius 2 is 2.00 bits per heavy atom. The molecule has 1 aromatic rings. The van der Waals surface area contributed by atoms with Crippen LogP contribution in [-0.2, 0) is 14.8 Å². The van der Waals surface area contributed by atoms with Crippen LogP contribution in [-0.4, -0.2) is 53.0 Å². The largest absolute Gasteiger partial charge is 0.370 e. The van der Waals surface area contributed by atoms with Crippen LogP contribution in [0.1, 0.15) is 11.5 Å². The molecule has 19 heavy (non-hydrogen) atoms. The first-order chi connectivity index (χ1) is 9.00. The summed E-state index contributed by atoms with van der Waals surface area (Å²) in [6.07, 6.45) is 0. The maximum Gasteiger partial charge on any atom is 0.246 e. The van der Waals surface area contributed by atoms with Gasteiger partial charge < -0.3 is 14.2 Å². The first-order valence-corrected chi connectivity index (χ1v) is 7.83. The molecule has 0 spiro atoms. The number of quaternary nitrogens is 1. The van der Waals surface area contributed by atoms with Gasteiger partial charge in [-0.2, -0.15) is 0 Å². The number of hydrogen-bond donors (Lipinski definition) is 2. The van der Waals surface area contributed by atoms with E-state index in [-0.39, 0.29) is 4.90 Å².